The summed E-state index contributed by atoms with van der Waals surface area (Å²) in [5.41, 5.74) is 1.18. The lowest BCUT2D eigenvalue weighted by molar-refractivity contribution is 0.202. The molecule has 0 radical (unpaired) electrons. The van der Waals surface area contributed by atoms with E-state index in [0.717, 1.165) is 12.8 Å². The number of methoxy groups -OCH3 is 1. The first kappa shape index (κ1) is 15.9. The summed E-state index contributed by atoms with van der Waals surface area (Å²) in [5, 5.41) is 9.03. The lowest BCUT2D eigenvalue weighted by Crippen LogP contribution is -2.37. The number of rotatable bonds is 8. The van der Waals surface area contributed by atoms with E-state index in [1.807, 2.05) is 0 Å². The predicted molar refractivity (Wildman–Crippen MR) is 75.9 cm³/mol. The number of ether oxygens (including phenoxy) is 1. The topological polar surface area (TPSA) is 32.7 Å². The van der Waals surface area contributed by atoms with E-state index < -0.39 is 0 Å². The van der Waals surface area contributed by atoms with Crippen molar-refractivity contribution in [1.82, 2.24) is 0 Å². The van der Waals surface area contributed by atoms with Crippen LogP contribution in [-0.2, 0) is 11.3 Å². The van der Waals surface area contributed by atoms with Gasteiger partial charge in [0.1, 0.15) is 5.82 Å². The van der Waals surface area contributed by atoms with Gasteiger partial charge in [-0.15, -0.1) is 0 Å². The largest absolute Gasteiger partial charge is 0.392 e. The van der Waals surface area contributed by atoms with Crippen LogP contribution < -0.4 is 4.90 Å². The van der Waals surface area contributed by atoms with Gasteiger partial charge in [0.2, 0.25) is 0 Å². The van der Waals surface area contributed by atoms with Gasteiger partial charge in [-0.1, -0.05) is 19.9 Å². The molecule has 0 heterocycles. The number of anilines is 1. The molecular formula is C15H24FNO2. The average Bonchev–Trinajstić information content (AvgIpc) is 2.44. The SMILES string of the molecule is CCC(CC)N(CCOC)c1ccc(CO)cc1F. The average molecular weight is 269 g/mol. The molecule has 0 unspecified atom stereocenters. The van der Waals surface area contributed by atoms with Gasteiger partial charge in [0.25, 0.3) is 0 Å². The van der Waals surface area contributed by atoms with Gasteiger partial charge in [0.05, 0.1) is 18.9 Å². The minimum absolute atomic E-state index is 0.139. The van der Waals surface area contributed by atoms with E-state index in [2.05, 4.69) is 18.7 Å². The molecule has 0 bridgehead atoms. The summed E-state index contributed by atoms with van der Waals surface area (Å²) in [6.45, 7) is 5.30. The molecule has 1 aromatic rings. The van der Waals surface area contributed by atoms with Crippen molar-refractivity contribution < 1.29 is 14.2 Å². The third-order valence-corrected chi connectivity index (χ3v) is 3.42. The minimum Gasteiger partial charge on any atom is -0.392 e. The van der Waals surface area contributed by atoms with Gasteiger partial charge < -0.3 is 14.7 Å². The van der Waals surface area contributed by atoms with Gasteiger partial charge in [-0.05, 0) is 30.5 Å². The van der Waals surface area contributed by atoms with Crippen molar-refractivity contribution in [2.24, 2.45) is 0 Å². The van der Waals surface area contributed by atoms with Gasteiger partial charge >= 0.3 is 0 Å². The third kappa shape index (κ3) is 4.18. The second-order valence-electron chi connectivity index (χ2n) is 4.60. The van der Waals surface area contributed by atoms with Gasteiger partial charge in [-0.3, -0.25) is 0 Å². The molecule has 0 saturated heterocycles. The number of halogens is 1. The Hall–Kier alpha value is -1.13. The second kappa shape index (κ2) is 8.12. The molecule has 19 heavy (non-hydrogen) atoms. The summed E-state index contributed by atoms with van der Waals surface area (Å²) < 4.78 is 19.3. The van der Waals surface area contributed by atoms with Crippen molar-refractivity contribution >= 4 is 5.69 Å². The molecule has 108 valence electrons. The maximum absolute atomic E-state index is 14.2. The standard InChI is InChI=1S/C15H24FNO2/c1-4-13(5-2)17(8-9-19-3)15-7-6-12(11-18)10-14(15)16/h6-7,10,13,18H,4-5,8-9,11H2,1-3H3. The van der Waals surface area contributed by atoms with Crippen LogP contribution in [0.1, 0.15) is 32.3 Å². The number of aliphatic hydroxyl groups excluding tert-OH is 1. The summed E-state index contributed by atoms with van der Waals surface area (Å²) >= 11 is 0. The molecule has 0 aromatic heterocycles. The van der Waals surface area contributed by atoms with Crippen LogP contribution in [-0.4, -0.2) is 31.4 Å². The molecule has 0 aliphatic heterocycles. The highest BCUT2D eigenvalue weighted by atomic mass is 19.1. The maximum atomic E-state index is 14.2. The second-order valence-corrected chi connectivity index (χ2v) is 4.60. The first-order valence-corrected chi connectivity index (χ1v) is 6.82. The van der Waals surface area contributed by atoms with Gasteiger partial charge in [0, 0.05) is 19.7 Å². The fourth-order valence-corrected chi connectivity index (χ4v) is 2.30. The van der Waals surface area contributed by atoms with Crippen LogP contribution in [0.5, 0.6) is 0 Å². The van der Waals surface area contributed by atoms with Crippen LogP contribution in [0.15, 0.2) is 18.2 Å². The Labute approximate surface area is 115 Å². The lowest BCUT2D eigenvalue weighted by atomic mass is 10.1. The Morgan fingerprint density at radius 1 is 1.32 bits per heavy atom. The zero-order valence-electron chi connectivity index (χ0n) is 12.0. The first-order valence-electron chi connectivity index (χ1n) is 6.82. The summed E-state index contributed by atoms with van der Waals surface area (Å²) in [6, 6.07) is 5.21. The summed E-state index contributed by atoms with van der Waals surface area (Å²) in [4.78, 5) is 2.06. The Kier molecular flexibility index (Phi) is 6.81. The number of hydrogen-bond donors (Lipinski definition) is 1. The van der Waals surface area contributed by atoms with Crippen LogP contribution in [0.25, 0.3) is 0 Å². The van der Waals surface area contributed by atoms with E-state index in [-0.39, 0.29) is 12.4 Å². The molecule has 4 heteroatoms. The molecule has 1 aromatic carbocycles. The fourth-order valence-electron chi connectivity index (χ4n) is 2.30. The summed E-state index contributed by atoms with van der Waals surface area (Å²) in [5.74, 6) is -0.283. The van der Waals surface area contributed by atoms with E-state index >= 15 is 0 Å². The first-order chi connectivity index (χ1) is 9.17. The van der Waals surface area contributed by atoms with Gasteiger partial charge in [-0.25, -0.2) is 4.39 Å². The molecule has 0 aliphatic rings. The van der Waals surface area contributed by atoms with Crippen molar-refractivity contribution in [3.8, 4) is 0 Å². The third-order valence-electron chi connectivity index (χ3n) is 3.42. The Morgan fingerprint density at radius 2 is 2.00 bits per heavy atom. The van der Waals surface area contributed by atoms with Crippen molar-refractivity contribution in [2.45, 2.75) is 39.3 Å². The van der Waals surface area contributed by atoms with Crippen LogP contribution in [0.2, 0.25) is 0 Å². The van der Waals surface area contributed by atoms with Crippen LogP contribution in [0.4, 0.5) is 10.1 Å². The van der Waals surface area contributed by atoms with Gasteiger partial charge in [0.15, 0.2) is 0 Å². The number of hydrogen-bond acceptors (Lipinski definition) is 3. The van der Waals surface area contributed by atoms with E-state index in [9.17, 15) is 4.39 Å². The fraction of sp³-hybridized carbons (Fsp3) is 0.600. The molecule has 0 amide bonds. The van der Waals surface area contributed by atoms with Crippen molar-refractivity contribution in [2.75, 3.05) is 25.2 Å². The molecule has 1 rings (SSSR count). The Morgan fingerprint density at radius 3 is 2.47 bits per heavy atom. The monoisotopic (exact) mass is 269 g/mol. The highest BCUT2D eigenvalue weighted by molar-refractivity contribution is 5.50. The van der Waals surface area contributed by atoms with Crippen LogP contribution in [0, 0.1) is 5.82 Å². The predicted octanol–water partition coefficient (Wildman–Crippen LogP) is 2.96. The zero-order chi connectivity index (χ0) is 14.3. The maximum Gasteiger partial charge on any atom is 0.146 e. The number of benzene rings is 1. The Bertz CT molecular complexity index is 380. The lowest BCUT2D eigenvalue weighted by Gasteiger charge is -2.33. The Balaban J connectivity index is 3.01. The zero-order valence-corrected chi connectivity index (χ0v) is 12.0. The molecule has 0 atom stereocenters. The molecule has 0 spiro atoms. The van der Waals surface area contributed by atoms with Crippen molar-refractivity contribution in [3.05, 3.63) is 29.6 Å². The van der Waals surface area contributed by atoms with E-state index in [0.29, 0.717) is 30.4 Å². The van der Waals surface area contributed by atoms with E-state index in [1.54, 1.807) is 19.2 Å². The highest BCUT2D eigenvalue weighted by Crippen LogP contribution is 2.24. The van der Waals surface area contributed by atoms with Gasteiger partial charge in [-0.2, -0.15) is 0 Å². The normalized spacial score (nSPS) is 11.1. The molecular weight excluding hydrogens is 245 g/mol. The molecule has 0 fully saturated rings. The molecule has 0 aliphatic carbocycles. The minimum atomic E-state index is -0.283. The smallest absolute Gasteiger partial charge is 0.146 e. The molecule has 0 saturated carbocycles. The molecule has 3 nitrogen and oxygen atoms in total. The quantitative estimate of drug-likeness (QED) is 0.787. The van der Waals surface area contributed by atoms with Crippen LogP contribution in [0.3, 0.4) is 0 Å². The number of aliphatic hydroxyl groups is 1. The van der Waals surface area contributed by atoms with Crippen molar-refractivity contribution in [3.63, 3.8) is 0 Å². The highest BCUT2D eigenvalue weighted by Gasteiger charge is 2.18. The van der Waals surface area contributed by atoms with Crippen LogP contribution >= 0.6 is 0 Å². The molecule has 1 N–H and O–H groups in total. The van der Waals surface area contributed by atoms with E-state index in [1.165, 1.54) is 6.07 Å². The van der Waals surface area contributed by atoms with Crippen molar-refractivity contribution in [1.29, 1.82) is 0 Å². The summed E-state index contributed by atoms with van der Waals surface area (Å²) in [7, 11) is 1.65. The number of nitrogens with zero attached hydrogens (tertiary/aromatic N) is 1. The summed E-state index contributed by atoms with van der Waals surface area (Å²) in [6.07, 6.45) is 1.92. The van der Waals surface area contributed by atoms with E-state index in [4.69, 9.17) is 9.84 Å².